The van der Waals surface area contributed by atoms with Gasteiger partial charge in [-0.2, -0.15) is 0 Å². The molecule has 7 rings (SSSR count). The Morgan fingerprint density at radius 2 is 1.62 bits per heavy atom. The second kappa shape index (κ2) is 7.51. The number of aliphatic hydroxyl groups is 1. The van der Waals surface area contributed by atoms with Gasteiger partial charge in [-0.1, -0.05) is 42.3 Å². The number of rotatable bonds is 3. The molecule has 1 saturated heterocycles. The van der Waals surface area contributed by atoms with Gasteiger partial charge in [-0.05, 0) is 86.2 Å². The third-order valence-electron chi connectivity index (χ3n) is 11.0. The van der Waals surface area contributed by atoms with Crippen LogP contribution in [0.5, 0.6) is 0 Å². The average molecular weight is 463 g/mol. The first-order chi connectivity index (χ1) is 16.5. The Hall–Kier alpha value is -1.49. The lowest BCUT2D eigenvalue weighted by Crippen LogP contribution is -2.53. The van der Waals surface area contributed by atoms with Crippen molar-refractivity contribution in [3.05, 3.63) is 46.5 Å². The molecule has 0 aromatic heterocycles. The van der Waals surface area contributed by atoms with Gasteiger partial charge in [0.15, 0.2) is 12.1 Å². The third-order valence-corrected chi connectivity index (χ3v) is 11.0. The maximum Gasteiger partial charge on any atom is 0.169 e. The molecular formula is C30H38O4. The van der Waals surface area contributed by atoms with Gasteiger partial charge in [0, 0.05) is 24.2 Å². The first-order valence-electron chi connectivity index (χ1n) is 13.7. The lowest BCUT2D eigenvalue weighted by Gasteiger charge is -2.55. The molecule has 4 saturated carbocycles. The Labute approximate surface area is 203 Å². The van der Waals surface area contributed by atoms with Crippen molar-refractivity contribution in [2.24, 2.45) is 23.2 Å². The molecule has 1 spiro atoms. The van der Waals surface area contributed by atoms with Gasteiger partial charge < -0.3 is 19.4 Å². The Balaban J connectivity index is 1.32. The van der Waals surface area contributed by atoms with E-state index in [1.807, 2.05) is 0 Å². The van der Waals surface area contributed by atoms with E-state index in [9.17, 15) is 9.90 Å². The number of carbonyl (C=O) groups excluding carboxylic acids is 1. The van der Waals surface area contributed by atoms with Crippen LogP contribution in [0.3, 0.4) is 0 Å². The second-order valence-electron chi connectivity index (χ2n) is 12.5. The van der Waals surface area contributed by atoms with E-state index < -0.39 is 5.60 Å². The van der Waals surface area contributed by atoms with Crippen molar-refractivity contribution in [1.82, 2.24) is 0 Å². The molecule has 6 atom stereocenters. The van der Waals surface area contributed by atoms with Crippen LogP contribution < -0.4 is 0 Å². The maximum absolute atomic E-state index is 12.2. The van der Waals surface area contributed by atoms with Crippen molar-refractivity contribution < 1.29 is 19.4 Å². The minimum absolute atomic E-state index is 0.293. The number of fused-ring (bicyclic) bond motifs is 4. The molecule has 6 aliphatic rings. The summed E-state index contributed by atoms with van der Waals surface area (Å²) in [5.74, 6) is 2.11. The third kappa shape index (κ3) is 3.04. The smallest absolute Gasteiger partial charge is 0.169 e. The quantitative estimate of drug-likeness (QED) is 0.466. The lowest BCUT2D eigenvalue weighted by molar-refractivity contribution is -0.181. The standard InChI is InChI=1S/C30H38O4/c1-28-17-25(21-6-4-20(5-7-21)19-2-3-19)27-23-10-13-30(33-14-15-34-30)16-22(23)8-9-24(27)26(28)11-12-29(28,32)18-31/h4-7,18-19,22,24-26,32H,2-3,8-17H2,1H3/t22?,24?,25-,26?,28?,29?/m1/s1. The summed E-state index contributed by atoms with van der Waals surface area (Å²) in [6.07, 6.45) is 11.3. The van der Waals surface area contributed by atoms with Crippen molar-refractivity contribution in [3.63, 3.8) is 0 Å². The molecular weight excluding hydrogens is 424 g/mol. The fourth-order valence-corrected chi connectivity index (χ4v) is 8.94. The molecule has 5 unspecified atom stereocenters. The fourth-order valence-electron chi connectivity index (χ4n) is 8.94. The first-order valence-corrected chi connectivity index (χ1v) is 13.7. The van der Waals surface area contributed by atoms with Crippen molar-refractivity contribution in [1.29, 1.82) is 0 Å². The predicted molar refractivity (Wildman–Crippen MR) is 129 cm³/mol. The van der Waals surface area contributed by atoms with Gasteiger partial charge in [-0.25, -0.2) is 0 Å². The molecule has 1 N–H and O–H groups in total. The summed E-state index contributed by atoms with van der Waals surface area (Å²) in [4.78, 5) is 12.2. The first kappa shape index (κ1) is 21.8. The summed E-state index contributed by atoms with van der Waals surface area (Å²) in [6, 6.07) is 9.41. The molecule has 5 fully saturated rings. The molecule has 5 aliphatic carbocycles. The van der Waals surface area contributed by atoms with Crippen molar-refractivity contribution in [3.8, 4) is 0 Å². The minimum atomic E-state index is -1.20. The Morgan fingerprint density at radius 3 is 2.32 bits per heavy atom. The SMILES string of the molecule is CC12C[C@H](c3ccc(C4CC4)cc3)C3=C4CCC5(CC4CCC3C1CCC2(O)C=O)OCCO5. The molecule has 182 valence electrons. The van der Waals surface area contributed by atoms with Crippen LogP contribution in [0.25, 0.3) is 0 Å². The Morgan fingerprint density at radius 1 is 0.912 bits per heavy atom. The number of benzene rings is 1. The van der Waals surface area contributed by atoms with E-state index in [4.69, 9.17) is 9.47 Å². The Bertz CT molecular complexity index is 1020. The molecule has 4 nitrogen and oxygen atoms in total. The molecule has 1 aromatic rings. The number of ether oxygens (including phenoxy) is 2. The minimum Gasteiger partial charge on any atom is -0.382 e. The van der Waals surface area contributed by atoms with Gasteiger partial charge in [-0.15, -0.1) is 0 Å². The van der Waals surface area contributed by atoms with E-state index in [2.05, 4.69) is 31.2 Å². The monoisotopic (exact) mass is 462 g/mol. The van der Waals surface area contributed by atoms with E-state index >= 15 is 0 Å². The molecule has 0 amide bonds. The van der Waals surface area contributed by atoms with E-state index in [1.54, 1.807) is 11.1 Å². The number of aldehydes is 1. The van der Waals surface area contributed by atoms with Gasteiger partial charge in [0.1, 0.15) is 5.60 Å². The molecule has 1 aliphatic heterocycles. The van der Waals surface area contributed by atoms with E-state index in [0.717, 1.165) is 63.9 Å². The van der Waals surface area contributed by atoms with Crippen molar-refractivity contribution in [2.75, 3.05) is 13.2 Å². The summed E-state index contributed by atoms with van der Waals surface area (Å²) >= 11 is 0. The predicted octanol–water partition coefficient (Wildman–Crippen LogP) is 5.65. The van der Waals surface area contributed by atoms with Crippen molar-refractivity contribution in [2.45, 2.75) is 94.4 Å². The highest BCUT2D eigenvalue weighted by atomic mass is 16.7. The van der Waals surface area contributed by atoms with Crippen LogP contribution in [0.15, 0.2) is 35.4 Å². The number of hydrogen-bond donors (Lipinski definition) is 1. The molecule has 0 radical (unpaired) electrons. The normalized spacial score (nSPS) is 42.9. The van der Waals surface area contributed by atoms with Crippen LogP contribution in [-0.2, 0) is 14.3 Å². The molecule has 1 heterocycles. The molecule has 4 heteroatoms. The van der Waals surface area contributed by atoms with Crippen LogP contribution in [0.2, 0.25) is 0 Å². The van der Waals surface area contributed by atoms with Gasteiger partial charge in [0.05, 0.1) is 13.2 Å². The van der Waals surface area contributed by atoms with Crippen LogP contribution in [0, 0.1) is 23.2 Å². The molecule has 34 heavy (non-hydrogen) atoms. The topological polar surface area (TPSA) is 55.8 Å². The average Bonchev–Trinajstić information content (AvgIpc) is 3.56. The molecule has 1 aromatic carbocycles. The maximum atomic E-state index is 12.2. The van der Waals surface area contributed by atoms with Crippen molar-refractivity contribution >= 4 is 6.29 Å². The van der Waals surface area contributed by atoms with Gasteiger partial charge in [0.25, 0.3) is 0 Å². The van der Waals surface area contributed by atoms with Crippen LogP contribution >= 0.6 is 0 Å². The highest BCUT2D eigenvalue weighted by Gasteiger charge is 2.63. The van der Waals surface area contributed by atoms with E-state index in [-0.39, 0.29) is 11.2 Å². The summed E-state index contributed by atoms with van der Waals surface area (Å²) in [5, 5.41) is 11.5. The summed E-state index contributed by atoms with van der Waals surface area (Å²) in [5.41, 5.74) is 4.63. The zero-order valence-corrected chi connectivity index (χ0v) is 20.4. The highest BCUT2D eigenvalue weighted by Crippen LogP contribution is 2.67. The van der Waals surface area contributed by atoms with Crippen LogP contribution in [-0.4, -0.2) is 36.0 Å². The largest absolute Gasteiger partial charge is 0.382 e. The van der Waals surface area contributed by atoms with Gasteiger partial charge >= 0.3 is 0 Å². The zero-order valence-electron chi connectivity index (χ0n) is 20.4. The second-order valence-corrected chi connectivity index (χ2v) is 12.5. The number of carbonyl (C=O) groups is 1. The fraction of sp³-hybridized carbons (Fsp3) is 0.700. The summed E-state index contributed by atoms with van der Waals surface area (Å²) in [6.45, 7) is 3.66. The Kier molecular flexibility index (Phi) is 4.81. The van der Waals surface area contributed by atoms with E-state index in [1.165, 1.54) is 30.4 Å². The zero-order chi connectivity index (χ0) is 23.1. The van der Waals surface area contributed by atoms with E-state index in [0.29, 0.717) is 30.1 Å². The number of hydrogen-bond acceptors (Lipinski definition) is 4. The highest BCUT2D eigenvalue weighted by molar-refractivity contribution is 5.65. The molecule has 0 bridgehead atoms. The summed E-state index contributed by atoms with van der Waals surface area (Å²) in [7, 11) is 0. The van der Waals surface area contributed by atoms with Crippen LogP contribution in [0.4, 0.5) is 0 Å². The van der Waals surface area contributed by atoms with Gasteiger partial charge in [-0.3, -0.25) is 0 Å². The number of allylic oxidation sites excluding steroid dienone is 2. The van der Waals surface area contributed by atoms with Crippen LogP contribution in [0.1, 0.15) is 94.1 Å². The lowest BCUT2D eigenvalue weighted by atomic mass is 9.50. The van der Waals surface area contributed by atoms with Gasteiger partial charge in [0.2, 0.25) is 0 Å². The summed E-state index contributed by atoms with van der Waals surface area (Å²) < 4.78 is 12.3.